The number of amides is 1. The number of rotatable bonds is 5. The van der Waals surface area contributed by atoms with Crippen molar-refractivity contribution in [1.29, 1.82) is 0 Å². The molecule has 25 heavy (non-hydrogen) atoms. The van der Waals surface area contributed by atoms with Gasteiger partial charge in [0, 0.05) is 25.3 Å². The maximum absolute atomic E-state index is 12.6. The summed E-state index contributed by atoms with van der Waals surface area (Å²) >= 11 is 3.43. The van der Waals surface area contributed by atoms with E-state index in [1.807, 2.05) is 32.0 Å². The molecule has 7 heteroatoms. The largest absolute Gasteiger partial charge is 0.379 e. The van der Waals surface area contributed by atoms with E-state index in [0.717, 1.165) is 48.7 Å². The summed E-state index contributed by atoms with van der Waals surface area (Å²) in [6.07, 6.45) is 1.71. The van der Waals surface area contributed by atoms with E-state index in [4.69, 9.17) is 4.74 Å². The van der Waals surface area contributed by atoms with Crippen LogP contribution in [0.1, 0.15) is 24.2 Å². The standard InChI is InChI=1S/C18H23BrN4O2/c1-13-17(19)11-20-23(13)14(2)18(24)21-16-5-3-4-15(10-16)12-22-6-8-25-9-7-22/h3-5,10-11,14H,6-9,12H2,1-2H3,(H,21,24). The third kappa shape index (κ3) is 4.48. The minimum Gasteiger partial charge on any atom is -0.379 e. The molecular weight excluding hydrogens is 384 g/mol. The first-order chi connectivity index (χ1) is 12.0. The van der Waals surface area contributed by atoms with Crippen LogP contribution in [0.25, 0.3) is 0 Å². The molecule has 134 valence electrons. The summed E-state index contributed by atoms with van der Waals surface area (Å²) in [6.45, 7) is 8.11. The molecule has 2 aromatic rings. The lowest BCUT2D eigenvalue weighted by atomic mass is 10.1. The topological polar surface area (TPSA) is 59.4 Å². The molecule has 1 aromatic carbocycles. The summed E-state index contributed by atoms with van der Waals surface area (Å²) in [5.41, 5.74) is 2.93. The van der Waals surface area contributed by atoms with Gasteiger partial charge in [-0.15, -0.1) is 0 Å². The molecule has 0 radical (unpaired) electrons. The summed E-state index contributed by atoms with van der Waals surface area (Å²) in [7, 11) is 0. The van der Waals surface area contributed by atoms with Crippen molar-refractivity contribution in [3.8, 4) is 0 Å². The van der Waals surface area contributed by atoms with Crippen molar-refractivity contribution in [3.05, 3.63) is 46.2 Å². The summed E-state index contributed by atoms with van der Waals surface area (Å²) < 4.78 is 8.00. The van der Waals surface area contributed by atoms with Crippen LogP contribution in [0.2, 0.25) is 0 Å². The summed E-state index contributed by atoms with van der Waals surface area (Å²) in [5, 5.41) is 7.26. The van der Waals surface area contributed by atoms with Gasteiger partial charge in [-0.1, -0.05) is 12.1 Å². The monoisotopic (exact) mass is 406 g/mol. The zero-order valence-electron chi connectivity index (χ0n) is 14.5. The number of halogens is 1. The smallest absolute Gasteiger partial charge is 0.248 e. The molecule has 1 saturated heterocycles. The van der Waals surface area contributed by atoms with Gasteiger partial charge in [-0.25, -0.2) is 0 Å². The number of carbonyl (C=O) groups excluding carboxylic acids is 1. The summed E-state index contributed by atoms with van der Waals surface area (Å²) in [5.74, 6) is -0.0813. The maximum atomic E-state index is 12.6. The van der Waals surface area contributed by atoms with Crippen LogP contribution in [0.4, 0.5) is 5.69 Å². The van der Waals surface area contributed by atoms with E-state index >= 15 is 0 Å². The quantitative estimate of drug-likeness (QED) is 0.828. The second-order valence-corrected chi connectivity index (χ2v) is 7.13. The Morgan fingerprint density at radius 2 is 2.16 bits per heavy atom. The highest BCUT2D eigenvalue weighted by molar-refractivity contribution is 9.10. The van der Waals surface area contributed by atoms with Crippen molar-refractivity contribution in [1.82, 2.24) is 14.7 Å². The maximum Gasteiger partial charge on any atom is 0.248 e. The third-order valence-electron chi connectivity index (χ3n) is 4.44. The molecule has 1 N–H and O–H groups in total. The lowest BCUT2D eigenvalue weighted by Crippen LogP contribution is -2.35. The van der Waals surface area contributed by atoms with Crippen LogP contribution in [0.5, 0.6) is 0 Å². The minimum absolute atomic E-state index is 0.0813. The number of carbonyl (C=O) groups is 1. The highest BCUT2D eigenvalue weighted by Gasteiger charge is 2.19. The number of anilines is 1. The predicted molar refractivity (Wildman–Crippen MR) is 101 cm³/mol. The van der Waals surface area contributed by atoms with Crippen molar-refractivity contribution in [2.24, 2.45) is 0 Å². The van der Waals surface area contributed by atoms with Crippen LogP contribution in [-0.4, -0.2) is 46.9 Å². The van der Waals surface area contributed by atoms with Crippen LogP contribution in [0.15, 0.2) is 34.9 Å². The fourth-order valence-corrected chi connectivity index (χ4v) is 3.19. The van der Waals surface area contributed by atoms with Gasteiger partial charge in [0.2, 0.25) is 5.91 Å². The van der Waals surface area contributed by atoms with Crippen molar-refractivity contribution in [2.45, 2.75) is 26.4 Å². The van der Waals surface area contributed by atoms with E-state index in [9.17, 15) is 4.79 Å². The van der Waals surface area contributed by atoms with Crippen molar-refractivity contribution >= 4 is 27.5 Å². The highest BCUT2D eigenvalue weighted by Crippen LogP contribution is 2.20. The molecule has 0 aliphatic carbocycles. The molecule has 0 bridgehead atoms. The zero-order valence-corrected chi connectivity index (χ0v) is 16.1. The molecule has 1 aromatic heterocycles. The van der Waals surface area contributed by atoms with Gasteiger partial charge >= 0.3 is 0 Å². The molecule has 1 aliphatic heterocycles. The Hall–Kier alpha value is -1.70. The molecule has 2 heterocycles. The van der Waals surface area contributed by atoms with E-state index in [1.54, 1.807) is 10.9 Å². The van der Waals surface area contributed by atoms with Crippen molar-refractivity contribution in [2.75, 3.05) is 31.6 Å². The first kappa shape index (κ1) is 18.1. The molecule has 1 fully saturated rings. The van der Waals surface area contributed by atoms with Gasteiger partial charge in [0.1, 0.15) is 6.04 Å². The first-order valence-electron chi connectivity index (χ1n) is 8.44. The Bertz CT molecular complexity index is 740. The molecule has 0 saturated carbocycles. The molecule has 6 nitrogen and oxygen atoms in total. The molecule has 1 aliphatic rings. The molecule has 0 spiro atoms. The van der Waals surface area contributed by atoms with Gasteiger partial charge in [0.25, 0.3) is 0 Å². The van der Waals surface area contributed by atoms with E-state index in [2.05, 4.69) is 37.3 Å². The molecule has 1 atom stereocenters. The minimum atomic E-state index is -0.380. The van der Waals surface area contributed by atoms with Gasteiger partial charge in [-0.3, -0.25) is 14.4 Å². The van der Waals surface area contributed by atoms with Gasteiger partial charge in [-0.2, -0.15) is 5.10 Å². The van der Waals surface area contributed by atoms with E-state index in [0.29, 0.717) is 0 Å². The lowest BCUT2D eigenvalue weighted by Gasteiger charge is -2.26. The van der Waals surface area contributed by atoms with E-state index < -0.39 is 0 Å². The number of aromatic nitrogens is 2. The number of hydrogen-bond acceptors (Lipinski definition) is 4. The Morgan fingerprint density at radius 3 is 2.84 bits per heavy atom. The second-order valence-electron chi connectivity index (χ2n) is 6.28. The third-order valence-corrected chi connectivity index (χ3v) is 5.21. The average Bonchev–Trinajstić information content (AvgIpc) is 2.94. The Balaban J connectivity index is 1.64. The summed E-state index contributed by atoms with van der Waals surface area (Å²) in [6, 6.07) is 7.63. The van der Waals surface area contributed by atoms with Crippen LogP contribution in [-0.2, 0) is 16.1 Å². The highest BCUT2D eigenvalue weighted by atomic mass is 79.9. The SMILES string of the molecule is Cc1c(Br)cnn1C(C)C(=O)Nc1cccc(CN2CCOCC2)c1. The fraction of sp³-hybridized carbons (Fsp3) is 0.444. The van der Waals surface area contributed by atoms with Crippen molar-refractivity contribution in [3.63, 3.8) is 0 Å². The van der Waals surface area contributed by atoms with Crippen LogP contribution in [0.3, 0.4) is 0 Å². The Morgan fingerprint density at radius 1 is 1.40 bits per heavy atom. The Kier molecular flexibility index (Phi) is 5.88. The second kappa shape index (κ2) is 8.12. The number of nitrogens with one attached hydrogen (secondary N) is 1. The van der Waals surface area contributed by atoms with Crippen molar-refractivity contribution < 1.29 is 9.53 Å². The van der Waals surface area contributed by atoms with Gasteiger partial charge in [-0.05, 0) is 47.5 Å². The zero-order chi connectivity index (χ0) is 17.8. The van der Waals surface area contributed by atoms with Gasteiger partial charge < -0.3 is 10.1 Å². The predicted octanol–water partition coefficient (Wildman–Crippen LogP) is 2.99. The lowest BCUT2D eigenvalue weighted by molar-refractivity contribution is -0.119. The summed E-state index contributed by atoms with van der Waals surface area (Å²) in [4.78, 5) is 14.9. The molecular formula is C18H23BrN4O2. The number of benzene rings is 1. The first-order valence-corrected chi connectivity index (χ1v) is 9.23. The molecule has 1 unspecified atom stereocenters. The van der Waals surface area contributed by atoms with Gasteiger partial charge in [0.15, 0.2) is 0 Å². The van der Waals surface area contributed by atoms with Crippen LogP contribution in [0, 0.1) is 6.92 Å². The van der Waals surface area contributed by atoms with Gasteiger partial charge in [0.05, 0.1) is 29.6 Å². The molecule has 1 amide bonds. The number of ether oxygens (including phenoxy) is 1. The average molecular weight is 407 g/mol. The van der Waals surface area contributed by atoms with E-state index in [1.165, 1.54) is 5.56 Å². The number of nitrogens with zero attached hydrogens (tertiary/aromatic N) is 3. The number of hydrogen-bond donors (Lipinski definition) is 1. The number of morpholine rings is 1. The van der Waals surface area contributed by atoms with E-state index in [-0.39, 0.29) is 11.9 Å². The van der Waals surface area contributed by atoms with Crippen LogP contribution < -0.4 is 5.32 Å². The normalized spacial score (nSPS) is 16.6. The van der Waals surface area contributed by atoms with Crippen LogP contribution >= 0.6 is 15.9 Å². The Labute approximate surface area is 156 Å². The fourth-order valence-electron chi connectivity index (χ4n) is 2.92. The molecule has 3 rings (SSSR count).